The highest BCUT2D eigenvalue weighted by Crippen LogP contribution is 2.39. The second-order valence-corrected chi connectivity index (χ2v) is 14.5. The minimum Gasteiger partial charge on any atom is -0.381 e. The number of benzene rings is 1. The van der Waals surface area contributed by atoms with E-state index in [2.05, 4.69) is 79.5 Å². The predicted molar refractivity (Wildman–Crippen MR) is 222 cm³/mol. The highest BCUT2D eigenvalue weighted by atomic mass is 33.1. The fourth-order valence-corrected chi connectivity index (χ4v) is 6.04. The van der Waals surface area contributed by atoms with Crippen molar-refractivity contribution in [3.63, 3.8) is 0 Å². The highest BCUT2D eigenvalue weighted by Gasteiger charge is 2.25. The quantitative estimate of drug-likeness (QED) is 0.158. The zero-order chi connectivity index (χ0) is 36.3. The van der Waals surface area contributed by atoms with E-state index in [0.717, 1.165) is 43.0 Å². The normalized spacial score (nSPS) is 20.5. The van der Waals surface area contributed by atoms with Crippen LogP contribution >= 0.6 is 23.3 Å². The zero-order valence-electron chi connectivity index (χ0n) is 32.6. The van der Waals surface area contributed by atoms with Crippen LogP contribution in [0.25, 0.3) is 0 Å². The number of nitrogens with one attached hydrogen (secondary N) is 1. The van der Waals surface area contributed by atoms with Gasteiger partial charge in [0, 0.05) is 20.1 Å². The smallest absolute Gasteiger partial charge is 0.178 e. The van der Waals surface area contributed by atoms with Crippen LogP contribution in [0.3, 0.4) is 0 Å². The molecule has 49 heavy (non-hydrogen) atoms. The molecule has 7 rings (SSSR count). The molecular weight excluding hydrogens is 641 g/mol. The van der Waals surface area contributed by atoms with Gasteiger partial charge in [-0.05, 0) is 91.5 Å². The Morgan fingerprint density at radius 2 is 1.49 bits per heavy atom. The number of ether oxygens (including phenoxy) is 1. The fraction of sp³-hybridized carbons (Fsp3) is 0.721. The van der Waals surface area contributed by atoms with Crippen LogP contribution in [0.15, 0.2) is 36.5 Å². The number of hydrogen-bond acceptors (Lipinski definition) is 6. The van der Waals surface area contributed by atoms with Gasteiger partial charge in [-0.1, -0.05) is 130 Å². The van der Waals surface area contributed by atoms with Gasteiger partial charge in [-0.15, -0.1) is 23.3 Å². The van der Waals surface area contributed by atoms with E-state index in [4.69, 9.17) is 4.74 Å². The van der Waals surface area contributed by atoms with E-state index in [-0.39, 0.29) is 5.78 Å². The number of carbonyl (C=O) groups is 1. The van der Waals surface area contributed by atoms with Gasteiger partial charge in [0.25, 0.3) is 0 Å². The van der Waals surface area contributed by atoms with Crippen LogP contribution in [0, 0.1) is 11.3 Å². The molecule has 4 nitrogen and oxygen atoms in total. The van der Waals surface area contributed by atoms with Crippen LogP contribution < -0.4 is 5.32 Å². The van der Waals surface area contributed by atoms with Crippen molar-refractivity contribution in [3.8, 4) is 0 Å². The molecule has 1 N–H and O–H groups in total. The number of anilines is 1. The Morgan fingerprint density at radius 1 is 0.878 bits per heavy atom. The molecule has 280 valence electrons. The topological polar surface area (TPSA) is 51.2 Å². The standard InChI is InChI=1S/C13H18.C12H16N2O2.C8H16.2C4H8.C2H6.H2S2/c1-3-11-5-7-12-8-10(2)4-6-13(12)9-11;1-9(15)12-5-4-10(7-14-12)13-8-11-3-2-6-16-11;1-3-8(2)6-4-5-7-8;2*1-2-4-3-1;2*1-2/h5,7,9-10H,3-4,6,8H2,1-2H3;4-5,7,11,13H,2-3,6,8H2,1H3;3-7H2,1-2H3;2*1-4H2;1-2H3;1-2H. The molecule has 1 aromatic heterocycles. The molecule has 0 spiro atoms. The number of thiol groups is 2. The number of fused-ring (bicyclic) bond motifs is 1. The van der Waals surface area contributed by atoms with Crippen LogP contribution in [0.4, 0.5) is 5.69 Å². The van der Waals surface area contributed by atoms with Gasteiger partial charge < -0.3 is 10.1 Å². The van der Waals surface area contributed by atoms with Crippen molar-refractivity contribution in [1.82, 2.24) is 4.98 Å². The summed E-state index contributed by atoms with van der Waals surface area (Å²) in [6.07, 6.45) is 28.7. The molecule has 1 aromatic carbocycles. The van der Waals surface area contributed by atoms with Gasteiger partial charge in [0.1, 0.15) is 5.69 Å². The van der Waals surface area contributed by atoms with E-state index in [1.54, 1.807) is 23.4 Å². The summed E-state index contributed by atoms with van der Waals surface area (Å²) in [4.78, 5) is 15.1. The molecular formula is C43H74N2O2S2. The van der Waals surface area contributed by atoms with Gasteiger partial charge in [-0.2, -0.15) is 0 Å². The number of ketones is 1. The Labute approximate surface area is 313 Å². The van der Waals surface area contributed by atoms with Crippen molar-refractivity contribution < 1.29 is 9.53 Å². The van der Waals surface area contributed by atoms with E-state index in [1.165, 1.54) is 122 Å². The maximum absolute atomic E-state index is 11.0. The van der Waals surface area contributed by atoms with Crippen molar-refractivity contribution in [1.29, 1.82) is 0 Å². The number of nitrogens with zero attached hydrogens (tertiary/aromatic N) is 1. The highest BCUT2D eigenvalue weighted by molar-refractivity contribution is 8.59. The van der Waals surface area contributed by atoms with Crippen molar-refractivity contribution >= 4 is 34.8 Å². The molecule has 2 aromatic rings. The summed E-state index contributed by atoms with van der Waals surface area (Å²) in [5.74, 6) is 0.880. The summed E-state index contributed by atoms with van der Waals surface area (Å²) < 4.78 is 5.50. The van der Waals surface area contributed by atoms with E-state index in [0.29, 0.717) is 11.8 Å². The largest absolute Gasteiger partial charge is 0.381 e. The van der Waals surface area contributed by atoms with Gasteiger partial charge in [0.2, 0.25) is 0 Å². The third-order valence-corrected chi connectivity index (χ3v) is 10.5. The van der Waals surface area contributed by atoms with Gasteiger partial charge in [-0.25, -0.2) is 0 Å². The lowest BCUT2D eigenvalue weighted by atomic mass is 9.84. The third-order valence-electron chi connectivity index (χ3n) is 10.5. The molecule has 2 unspecified atom stereocenters. The molecule has 1 saturated heterocycles. The molecule has 0 radical (unpaired) electrons. The molecule has 0 bridgehead atoms. The number of carbonyl (C=O) groups excluding carboxylic acids is 1. The first-order chi connectivity index (χ1) is 23.8. The van der Waals surface area contributed by atoms with E-state index >= 15 is 0 Å². The van der Waals surface area contributed by atoms with Crippen molar-refractivity contribution in [3.05, 3.63) is 58.9 Å². The van der Waals surface area contributed by atoms with Crippen molar-refractivity contribution in [2.24, 2.45) is 11.3 Å². The van der Waals surface area contributed by atoms with E-state index < -0.39 is 0 Å². The minimum atomic E-state index is -0.00863. The molecule has 5 aliphatic rings. The zero-order valence-corrected chi connectivity index (χ0v) is 34.4. The number of pyridine rings is 1. The van der Waals surface area contributed by atoms with Crippen molar-refractivity contribution in [2.45, 2.75) is 177 Å². The van der Waals surface area contributed by atoms with Gasteiger partial charge in [-0.3, -0.25) is 9.78 Å². The van der Waals surface area contributed by atoms with Crippen molar-refractivity contribution in [2.75, 3.05) is 18.5 Å². The molecule has 6 heteroatoms. The van der Waals surface area contributed by atoms with Gasteiger partial charge >= 0.3 is 0 Å². The van der Waals surface area contributed by atoms with E-state index in [1.807, 2.05) is 19.9 Å². The second kappa shape index (κ2) is 28.1. The Bertz CT molecular complexity index is 1070. The maximum atomic E-state index is 11.0. The lowest BCUT2D eigenvalue weighted by molar-refractivity contribution is 0.101. The Balaban J connectivity index is 0.000000323. The Morgan fingerprint density at radius 3 is 1.92 bits per heavy atom. The number of rotatable bonds is 6. The molecule has 2 heterocycles. The number of Topliss-reactive ketones (excluding diaryl/α,β-unsaturated/α-hetero) is 1. The first-order valence-electron chi connectivity index (χ1n) is 19.9. The number of aryl methyl sites for hydroxylation is 2. The molecule has 4 fully saturated rings. The van der Waals surface area contributed by atoms with Crippen LogP contribution in [-0.4, -0.2) is 30.0 Å². The molecule has 4 aliphatic carbocycles. The lowest BCUT2D eigenvalue weighted by Gasteiger charge is -2.21. The average molecular weight is 715 g/mol. The Hall–Kier alpha value is -1.50. The minimum absolute atomic E-state index is 0.00863. The van der Waals surface area contributed by atoms with Crippen LogP contribution in [0.1, 0.15) is 178 Å². The lowest BCUT2D eigenvalue weighted by Crippen LogP contribution is -2.18. The third kappa shape index (κ3) is 19.6. The van der Waals surface area contributed by atoms with Crippen LogP contribution in [0.5, 0.6) is 0 Å². The summed E-state index contributed by atoms with van der Waals surface area (Å²) in [5.41, 5.74) is 6.87. The second-order valence-electron chi connectivity index (χ2n) is 14.5. The average Bonchev–Trinajstić information content (AvgIpc) is 3.77. The Kier molecular flexibility index (Phi) is 26.1. The number of aromatic nitrogens is 1. The summed E-state index contributed by atoms with van der Waals surface area (Å²) in [5, 5.41) is 3.25. The summed E-state index contributed by atoms with van der Waals surface area (Å²) >= 11 is 6.44. The van der Waals surface area contributed by atoms with Gasteiger partial charge in [0.15, 0.2) is 5.78 Å². The molecule has 2 atom stereocenters. The maximum Gasteiger partial charge on any atom is 0.178 e. The molecule has 1 aliphatic heterocycles. The molecule has 3 saturated carbocycles. The fourth-order valence-electron chi connectivity index (χ4n) is 6.04. The summed E-state index contributed by atoms with van der Waals surface area (Å²) in [6.45, 7) is 16.5. The van der Waals surface area contributed by atoms with Crippen LogP contribution in [-0.2, 0) is 24.0 Å². The first-order valence-corrected chi connectivity index (χ1v) is 21.5. The SMILES string of the molecule is C1CCC1.C1CCC1.CC.CC(=O)c1ccc(NCC2CCCO2)cn1.CCC1(C)CCCC1.CCc1ccc2c(c1)CCC(C)C2.SS. The monoisotopic (exact) mass is 715 g/mol. The number of hydrogen-bond donors (Lipinski definition) is 3. The first kappa shape index (κ1) is 45.5. The summed E-state index contributed by atoms with van der Waals surface area (Å²) in [6, 6.07) is 10.6. The van der Waals surface area contributed by atoms with Gasteiger partial charge in [0.05, 0.1) is 18.0 Å². The van der Waals surface area contributed by atoms with E-state index in [9.17, 15) is 4.79 Å². The summed E-state index contributed by atoms with van der Waals surface area (Å²) in [7, 11) is 0. The van der Waals surface area contributed by atoms with Crippen LogP contribution in [0.2, 0.25) is 0 Å². The predicted octanol–water partition coefficient (Wildman–Crippen LogP) is 13.1. The molecule has 0 amide bonds.